The zero-order valence-corrected chi connectivity index (χ0v) is 18.0. The summed E-state index contributed by atoms with van der Waals surface area (Å²) in [6.45, 7) is 6.50. The first-order valence-electron chi connectivity index (χ1n) is 9.75. The molecule has 0 amide bonds. The molecule has 4 aliphatic rings. The first-order valence-corrected chi connectivity index (χ1v) is 13.0. The van der Waals surface area contributed by atoms with Gasteiger partial charge in [-0.25, -0.2) is 0 Å². The third-order valence-electron chi connectivity index (χ3n) is 6.58. The molecular formula is C20H33NiO2P2. The van der Waals surface area contributed by atoms with Gasteiger partial charge in [-0.3, -0.25) is 27.7 Å². The van der Waals surface area contributed by atoms with Gasteiger partial charge in [-0.1, -0.05) is 25.7 Å². The van der Waals surface area contributed by atoms with E-state index in [-0.39, 0.29) is 16.5 Å². The Labute approximate surface area is 167 Å². The zero-order valence-electron chi connectivity index (χ0n) is 15.3. The van der Waals surface area contributed by atoms with Crippen molar-refractivity contribution in [1.29, 1.82) is 0 Å². The Morgan fingerprint density at radius 3 is 1.20 bits per heavy atom. The standard InChI is InChI=1S/C18H31P2.2CHO.Ni/c1-5-15(6-1)19(16-7-2-8-16)13-14-20(17-9-3-10-17)18-11-4-12-18;2*1-2;/h13,15-18H,1-12,14H2;2*1H;/q3*-1;+3. The molecule has 4 aliphatic carbocycles. The van der Waals surface area contributed by atoms with Gasteiger partial charge in [-0.05, 0) is 74.0 Å². The normalized spacial score (nSPS) is 23.6. The molecule has 0 aromatic heterocycles. The van der Waals surface area contributed by atoms with Crippen LogP contribution < -0.4 is 0 Å². The van der Waals surface area contributed by atoms with Crippen LogP contribution in [-0.4, -0.2) is 42.4 Å². The molecule has 0 aliphatic heterocycles. The summed E-state index contributed by atoms with van der Waals surface area (Å²) in [7, 11) is 0.745. The van der Waals surface area contributed by atoms with Crippen molar-refractivity contribution in [2.45, 2.75) is 99.7 Å². The van der Waals surface area contributed by atoms with Gasteiger partial charge in [0.2, 0.25) is 0 Å². The molecule has 0 saturated heterocycles. The Hall–Kier alpha value is 0.694. The first-order chi connectivity index (χ1) is 11.9. The van der Waals surface area contributed by atoms with Gasteiger partial charge in [0, 0.05) is 0 Å². The largest absolute Gasteiger partial charge is 3.00 e. The molecule has 0 heterocycles. The van der Waals surface area contributed by atoms with E-state index in [1.807, 2.05) is 0 Å². The van der Waals surface area contributed by atoms with Crippen molar-refractivity contribution < 1.29 is 26.1 Å². The molecule has 25 heavy (non-hydrogen) atoms. The summed E-state index contributed by atoms with van der Waals surface area (Å²) in [4.78, 5) is 15.5. The summed E-state index contributed by atoms with van der Waals surface area (Å²) in [6.07, 6.45) is 23.5. The van der Waals surface area contributed by atoms with Crippen LogP contribution in [0.4, 0.5) is 0 Å². The first kappa shape index (κ1) is 23.7. The van der Waals surface area contributed by atoms with Gasteiger partial charge in [0.15, 0.2) is 0 Å². The van der Waals surface area contributed by atoms with Crippen LogP contribution >= 0.6 is 15.8 Å². The summed E-state index contributed by atoms with van der Waals surface area (Å²) in [5.41, 5.74) is 4.75. The van der Waals surface area contributed by atoms with E-state index in [0.717, 1.165) is 0 Å². The van der Waals surface area contributed by atoms with E-state index in [4.69, 9.17) is 9.59 Å². The number of hydrogen-bond acceptors (Lipinski definition) is 2. The van der Waals surface area contributed by atoms with Gasteiger partial charge in [0.1, 0.15) is 0 Å². The Balaban J connectivity index is 0.000000586. The minimum Gasteiger partial charge on any atom is -0.545 e. The zero-order chi connectivity index (χ0) is 17.4. The molecule has 0 spiro atoms. The quantitative estimate of drug-likeness (QED) is 0.224. The summed E-state index contributed by atoms with van der Waals surface area (Å²) < 4.78 is 0. The van der Waals surface area contributed by atoms with Crippen LogP contribution in [0.3, 0.4) is 0 Å². The van der Waals surface area contributed by atoms with Crippen LogP contribution in [0, 0.1) is 6.16 Å². The molecule has 0 unspecified atom stereocenters. The minimum atomic E-state index is 0. The van der Waals surface area contributed by atoms with E-state index >= 15 is 0 Å². The van der Waals surface area contributed by atoms with E-state index in [1.54, 1.807) is 83.2 Å². The average molecular weight is 426 g/mol. The second-order valence-corrected chi connectivity index (χ2v) is 13.2. The molecule has 5 heteroatoms. The molecule has 0 bridgehead atoms. The van der Waals surface area contributed by atoms with Gasteiger partial charge in [-0.2, -0.15) is 6.16 Å². The van der Waals surface area contributed by atoms with Crippen LogP contribution in [0.15, 0.2) is 0 Å². The minimum absolute atomic E-state index is 0. The van der Waals surface area contributed by atoms with Crippen molar-refractivity contribution >= 4 is 29.4 Å². The van der Waals surface area contributed by atoms with Crippen molar-refractivity contribution in [3.05, 3.63) is 6.16 Å². The molecule has 145 valence electrons. The van der Waals surface area contributed by atoms with Gasteiger partial charge in [0.25, 0.3) is 0 Å². The molecule has 0 atom stereocenters. The second-order valence-electron chi connectivity index (χ2n) is 7.67. The summed E-state index contributed by atoms with van der Waals surface area (Å²) in [6, 6.07) is 0. The Kier molecular flexibility index (Phi) is 12.3. The van der Waals surface area contributed by atoms with Crippen LogP contribution in [0.5, 0.6) is 0 Å². The van der Waals surface area contributed by atoms with Crippen LogP contribution in [0.25, 0.3) is 0 Å². The maximum Gasteiger partial charge on any atom is 3.00 e. The molecule has 2 nitrogen and oxygen atoms in total. The van der Waals surface area contributed by atoms with E-state index in [2.05, 4.69) is 19.7 Å². The topological polar surface area (TPSA) is 34.1 Å². The van der Waals surface area contributed by atoms with Gasteiger partial charge < -0.3 is 9.59 Å². The van der Waals surface area contributed by atoms with Crippen molar-refractivity contribution in [3.63, 3.8) is 0 Å². The third-order valence-corrected chi connectivity index (χ3v) is 13.7. The van der Waals surface area contributed by atoms with E-state index < -0.39 is 0 Å². The SMILES string of the molecule is [CH-](CP(C1CCC1)C1CCC1)P(C1CCC1)C1CCC1.[CH-]=O.[CH-]=O.[Ni+3]. The number of rotatable bonds is 7. The summed E-state index contributed by atoms with van der Waals surface area (Å²) >= 11 is 0. The van der Waals surface area contributed by atoms with Crippen molar-refractivity contribution in [2.75, 3.05) is 6.16 Å². The Bertz CT molecular complexity index is 294. The maximum absolute atomic E-state index is 7.75. The second kappa shape index (κ2) is 13.0. The summed E-state index contributed by atoms with van der Waals surface area (Å²) in [5, 5.41) is 0. The molecular weight excluding hydrogens is 393 g/mol. The Morgan fingerprint density at radius 2 is 0.960 bits per heavy atom. The summed E-state index contributed by atoms with van der Waals surface area (Å²) in [5.74, 6) is 0. The molecule has 4 saturated carbocycles. The van der Waals surface area contributed by atoms with Crippen molar-refractivity contribution in [1.82, 2.24) is 0 Å². The number of carbonyl (C=O) groups excluding carboxylic acids is 2. The predicted molar refractivity (Wildman–Crippen MR) is 107 cm³/mol. The van der Waals surface area contributed by atoms with E-state index in [9.17, 15) is 0 Å². The molecule has 4 fully saturated rings. The molecule has 0 aromatic rings. The maximum atomic E-state index is 7.75. The van der Waals surface area contributed by atoms with Crippen LogP contribution in [-0.2, 0) is 26.1 Å². The van der Waals surface area contributed by atoms with Crippen molar-refractivity contribution in [2.24, 2.45) is 0 Å². The predicted octanol–water partition coefficient (Wildman–Crippen LogP) is 5.77. The number of hydrogen-bond donors (Lipinski definition) is 0. The van der Waals surface area contributed by atoms with Gasteiger partial charge in [-0.15, -0.1) is 7.92 Å². The average Bonchev–Trinajstić information content (AvgIpc) is 2.41. The fourth-order valence-electron chi connectivity index (χ4n) is 4.19. The fraction of sp³-hybridized carbons (Fsp3) is 0.850. The molecule has 4 rings (SSSR count). The fourth-order valence-corrected chi connectivity index (χ4v) is 12.1. The Morgan fingerprint density at radius 1 is 0.640 bits per heavy atom. The van der Waals surface area contributed by atoms with E-state index in [1.165, 1.54) is 22.6 Å². The van der Waals surface area contributed by atoms with Gasteiger partial charge in [0.05, 0.1) is 0 Å². The van der Waals surface area contributed by atoms with Crippen molar-refractivity contribution in [3.8, 4) is 0 Å². The smallest absolute Gasteiger partial charge is 0.545 e. The third kappa shape index (κ3) is 6.09. The molecule has 1 radical (unpaired) electrons. The van der Waals surface area contributed by atoms with Gasteiger partial charge >= 0.3 is 16.5 Å². The van der Waals surface area contributed by atoms with Crippen LogP contribution in [0.2, 0.25) is 0 Å². The monoisotopic (exact) mass is 425 g/mol. The van der Waals surface area contributed by atoms with Crippen LogP contribution in [0.1, 0.15) is 77.0 Å². The molecule has 0 N–H and O–H groups in total. The molecule has 0 aromatic carbocycles. The van der Waals surface area contributed by atoms with E-state index in [0.29, 0.717) is 15.8 Å².